The van der Waals surface area contributed by atoms with Crippen LogP contribution in [0.25, 0.3) is 0 Å². The molecule has 2 aromatic carbocycles. The van der Waals surface area contributed by atoms with Gasteiger partial charge in [0.15, 0.2) is 0 Å². The lowest BCUT2D eigenvalue weighted by molar-refractivity contribution is 0.581. The Morgan fingerprint density at radius 3 is 2.35 bits per heavy atom. The van der Waals surface area contributed by atoms with Gasteiger partial charge in [-0.05, 0) is 30.2 Å². The molecular formula is C15H16BrNO2S. The van der Waals surface area contributed by atoms with Crippen molar-refractivity contribution >= 4 is 26.0 Å². The second kappa shape index (κ2) is 6.52. The molecular weight excluding hydrogens is 338 g/mol. The van der Waals surface area contributed by atoms with Crippen LogP contribution < -0.4 is 4.72 Å². The summed E-state index contributed by atoms with van der Waals surface area (Å²) in [5, 5.41) is 0.756. The Balaban J connectivity index is 2.10. The maximum absolute atomic E-state index is 12.2. The van der Waals surface area contributed by atoms with E-state index in [9.17, 15) is 8.42 Å². The van der Waals surface area contributed by atoms with Crippen LogP contribution in [0.5, 0.6) is 0 Å². The minimum Gasteiger partial charge on any atom is -0.207 e. The van der Waals surface area contributed by atoms with Crippen LogP contribution in [0, 0.1) is 6.92 Å². The van der Waals surface area contributed by atoms with Crippen molar-refractivity contribution < 1.29 is 8.42 Å². The number of aryl methyl sites for hydroxylation is 1. The van der Waals surface area contributed by atoms with Gasteiger partial charge >= 0.3 is 0 Å². The number of rotatable bonds is 5. The zero-order valence-corrected chi connectivity index (χ0v) is 13.5. The van der Waals surface area contributed by atoms with Gasteiger partial charge in [-0.3, -0.25) is 0 Å². The Bertz CT molecular complexity index is 681. The van der Waals surface area contributed by atoms with Crippen molar-refractivity contribution in [1.29, 1.82) is 0 Å². The van der Waals surface area contributed by atoms with E-state index in [4.69, 9.17) is 0 Å². The number of hydrogen-bond acceptors (Lipinski definition) is 2. The number of nitrogens with one attached hydrogen (secondary N) is 1. The van der Waals surface area contributed by atoms with Gasteiger partial charge < -0.3 is 0 Å². The zero-order valence-electron chi connectivity index (χ0n) is 11.1. The van der Waals surface area contributed by atoms with E-state index in [0.29, 0.717) is 4.90 Å². The Labute approximate surface area is 128 Å². The van der Waals surface area contributed by atoms with E-state index < -0.39 is 10.0 Å². The SMILES string of the molecule is Cc1ccc(S(=O)(=O)NCc2cccc(CBr)c2)cc1. The van der Waals surface area contributed by atoms with E-state index in [2.05, 4.69) is 20.7 Å². The highest BCUT2D eigenvalue weighted by Crippen LogP contribution is 2.12. The molecule has 0 amide bonds. The number of alkyl halides is 1. The second-order valence-electron chi connectivity index (χ2n) is 4.59. The van der Waals surface area contributed by atoms with Gasteiger partial charge in [0, 0.05) is 11.9 Å². The largest absolute Gasteiger partial charge is 0.240 e. The molecule has 5 heteroatoms. The van der Waals surface area contributed by atoms with Gasteiger partial charge in [-0.15, -0.1) is 0 Å². The number of halogens is 1. The molecule has 1 N–H and O–H groups in total. The van der Waals surface area contributed by atoms with E-state index in [0.717, 1.165) is 22.0 Å². The van der Waals surface area contributed by atoms with Crippen molar-refractivity contribution in [3.05, 3.63) is 65.2 Å². The van der Waals surface area contributed by atoms with Crippen molar-refractivity contribution in [2.75, 3.05) is 0 Å². The van der Waals surface area contributed by atoms with Crippen molar-refractivity contribution in [2.45, 2.75) is 23.7 Å². The van der Waals surface area contributed by atoms with Crippen LogP contribution in [0.15, 0.2) is 53.4 Å². The molecule has 2 rings (SSSR count). The Morgan fingerprint density at radius 2 is 1.70 bits per heavy atom. The van der Waals surface area contributed by atoms with Crippen molar-refractivity contribution in [3.63, 3.8) is 0 Å². The molecule has 3 nitrogen and oxygen atoms in total. The first-order valence-electron chi connectivity index (χ1n) is 6.21. The minimum absolute atomic E-state index is 0.289. The molecule has 0 radical (unpaired) electrons. The van der Waals surface area contributed by atoms with Crippen molar-refractivity contribution in [1.82, 2.24) is 4.72 Å². The van der Waals surface area contributed by atoms with E-state index in [-0.39, 0.29) is 6.54 Å². The standard InChI is InChI=1S/C15H16BrNO2S/c1-12-5-7-15(8-6-12)20(18,19)17-11-14-4-2-3-13(9-14)10-16/h2-9,17H,10-11H2,1H3. The van der Waals surface area contributed by atoms with Gasteiger partial charge in [0.25, 0.3) is 0 Å². The molecule has 0 aliphatic rings. The third kappa shape index (κ3) is 3.91. The molecule has 0 unspecified atom stereocenters. The first kappa shape index (κ1) is 15.2. The van der Waals surface area contributed by atoms with Crippen LogP contribution in [0.1, 0.15) is 16.7 Å². The molecule has 0 heterocycles. The molecule has 0 saturated carbocycles. The molecule has 0 atom stereocenters. The van der Waals surface area contributed by atoms with E-state index >= 15 is 0 Å². The monoisotopic (exact) mass is 353 g/mol. The first-order chi connectivity index (χ1) is 9.51. The van der Waals surface area contributed by atoms with Crippen LogP contribution in [0.3, 0.4) is 0 Å². The van der Waals surface area contributed by atoms with Crippen LogP contribution >= 0.6 is 15.9 Å². The van der Waals surface area contributed by atoms with Crippen LogP contribution in [0.4, 0.5) is 0 Å². The number of benzene rings is 2. The molecule has 0 spiro atoms. The third-order valence-corrected chi connectivity index (χ3v) is 5.01. The summed E-state index contributed by atoms with van der Waals surface area (Å²) in [5.74, 6) is 0. The highest BCUT2D eigenvalue weighted by atomic mass is 79.9. The molecule has 0 fully saturated rings. The summed E-state index contributed by atoms with van der Waals surface area (Å²) in [4.78, 5) is 0.291. The van der Waals surface area contributed by atoms with E-state index in [1.165, 1.54) is 0 Å². The second-order valence-corrected chi connectivity index (χ2v) is 6.92. The summed E-state index contributed by atoms with van der Waals surface area (Å²) < 4.78 is 26.9. The summed E-state index contributed by atoms with van der Waals surface area (Å²) in [6.45, 7) is 2.21. The number of sulfonamides is 1. The lowest BCUT2D eigenvalue weighted by atomic mass is 10.1. The summed E-state index contributed by atoms with van der Waals surface area (Å²) in [6.07, 6.45) is 0. The number of hydrogen-bond donors (Lipinski definition) is 1. The predicted octanol–water partition coefficient (Wildman–Crippen LogP) is 3.37. The van der Waals surface area contributed by atoms with Crippen molar-refractivity contribution in [3.8, 4) is 0 Å². The van der Waals surface area contributed by atoms with Gasteiger partial charge in [0.05, 0.1) is 4.90 Å². The van der Waals surface area contributed by atoms with Gasteiger partial charge in [0.1, 0.15) is 0 Å². The van der Waals surface area contributed by atoms with Gasteiger partial charge in [0.2, 0.25) is 10.0 Å². The molecule has 0 aromatic heterocycles. The Morgan fingerprint density at radius 1 is 1.05 bits per heavy atom. The molecule has 20 heavy (non-hydrogen) atoms. The highest BCUT2D eigenvalue weighted by Gasteiger charge is 2.13. The predicted molar refractivity (Wildman–Crippen MR) is 84.3 cm³/mol. The summed E-state index contributed by atoms with van der Waals surface area (Å²) >= 11 is 3.39. The highest BCUT2D eigenvalue weighted by molar-refractivity contribution is 9.08. The van der Waals surface area contributed by atoms with Gasteiger partial charge in [-0.25, -0.2) is 13.1 Å². The normalized spacial score (nSPS) is 11.5. The average molecular weight is 354 g/mol. The molecule has 0 bridgehead atoms. The van der Waals surface area contributed by atoms with Gasteiger partial charge in [-0.2, -0.15) is 0 Å². The van der Waals surface area contributed by atoms with E-state index in [1.54, 1.807) is 24.3 Å². The maximum Gasteiger partial charge on any atom is 0.240 e. The van der Waals surface area contributed by atoms with E-state index in [1.807, 2.05) is 31.2 Å². The summed E-state index contributed by atoms with van der Waals surface area (Å²) in [5.41, 5.74) is 3.10. The smallest absolute Gasteiger partial charge is 0.207 e. The van der Waals surface area contributed by atoms with Crippen LogP contribution in [-0.2, 0) is 21.9 Å². The summed E-state index contributed by atoms with van der Waals surface area (Å²) in [7, 11) is -3.46. The zero-order chi connectivity index (χ0) is 14.6. The fraction of sp³-hybridized carbons (Fsp3) is 0.200. The maximum atomic E-state index is 12.2. The molecule has 106 valence electrons. The van der Waals surface area contributed by atoms with Crippen molar-refractivity contribution in [2.24, 2.45) is 0 Å². The Hall–Kier alpha value is -1.17. The first-order valence-corrected chi connectivity index (χ1v) is 8.82. The fourth-order valence-corrected chi connectivity index (χ4v) is 3.17. The molecule has 0 aliphatic heterocycles. The third-order valence-electron chi connectivity index (χ3n) is 2.94. The minimum atomic E-state index is -3.46. The van der Waals surface area contributed by atoms with Gasteiger partial charge in [-0.1, -0.05) is 57.9 Å². The summed E-state index contributed by atoms with van der Waals surface area (Å²) in [6, 6.07) is 14.6. The van der Waals surface area contributed by atoms with Crippen LogP contribution in [-0.4, -0.2) is 8.42 Å². The Kier molecular flexibility index (Phi) is 4.96. The molecule has 0 saturated heterocycles. The van der Waals surface area contributed by atoms with Crippen LogP contribution in [0.2, 0.25) is 0 Å². The quantitative estimate of drug-likeness (QED) is 0.837. The fourth-order valence-electron chi connectivity index (χ4n) is 1.80. The average Bonchev–Trinajstić information content (AvgIpc) is 2.46. The lowest BCUT2D eigenvalue weighted by Crippen LogP contribution is -2.23. The lowest BCUT2D eigenvalue weighted by Gasteiger charge is -2.08. The topological polar surface area (TPSA) is 46.2 Å². The molecule has 2 aromatic rings. The molecule has 0 aliphatic carbocycles.